The van der Waals surface area contributed by atoms with E-state index in [2.05, 4.69) is 0 Å². The molecular formula is C12H17FN2O2. The van der Waals surface area contributed by atoms with Gasteiger partial charge in [0.2, 0.25) is 0 Å². The van der Waals surface area contributed by atoms with E-state index in [9.17, 15) is 9.18 Å². The molecule has 0 fully saturated rings. The van der Waals surface area contributed by atoms with Crippen molar-refractivity contribution in [1.82, 2.24) is 4.90 Å². The number of halogens is 1. The van der Waals surface area contributed by atoms with Crippen molar-refractivity contribution in [3.63, 3.8) is 0 Å². The van der Waals surface area contributed by atoms with Crippen LogP contribution in [-0.2, 0) is 4.79 Å². The third kappa shape index (κ3) is 4.82. The van der Waals surface area contributed by atoms with E-state index in [4.69, 9.17) is 10.5 Å². The predicted octanol–water partition coefficient (Wildman–Crippen LogP) is 1.01. The molecule has 0 saturated carbocycles. The summed E-state index contributed by atoms with van der Waals surface area (Å²) in [5.74, 6) is 0.0264. The van der Waals surface area contributed by atoms with E-state index in [0.29, 0.717) is 18.8 Å². The second-order valence-corrected chi connectivity index (χ2v) is 3.70. The minimum absolute atomic E-state index is 0.0489. The Bertz CT molecular complexity index is 354. The van der Waals surface area contributed by atoms with Crippen LogP contribution in [0, 0.1) is 5.82 Å². The maximum Gasteiger partial charge on any atom is 0.260 e. The highest BCUT2D eigenvalue weighted by Crippen LogP contribution is 2.10. The monoisotopic (exact) mass is 240 g/mol. The van der Waals surface area contributed by atoms with Crippen molar-refractivity contribution >= 4 is 5.91 Å². The lowest BCUT2D eigenvalue weighted by atomic mass is 10.3. The number of nitrogens with zero attached hydrogens (tertiary/aromatic N) is 1. The van der Waals surface area contributed by atoms with Gasteiger partial charge in [-0.2, -0.15) is 0 Å². The van der Waals surface area contributed by atoms with Crippen LogP contribution in [0.4, 0.5) is 4.39 Å². The molecule has 94 valence electrons. The maximum absolute atomic E-state index is 12.6. The molecule has 5 heteroatoms. The predicted molar refractivity (Wildman–Crippen MR) is 63.2 cm³/mol. The number of rotatable bonds is 6. The number of nitrogens with two attached hydrogens (primary N) is 1. The molecule has 1 amide bonds. The minimum Gasteiger partial charge on any atom is -0.484 e. The van der Waals surface area contributed by atoms with E-state index in [1.165, 1.54) is 24.3 Å². The average molecular weight is 240 g/mol. The van der Waals surface area contributed by atoms with Crippen LogP contribution in [0.5, 0.6) is 5.75 Å². The van der Waals surface area contributed by atoms with Crippen LogP contribution >= 0.6 is 0 Å². The Hall–Kier alpha value is -1.62. The molecule has 0 aromatic heterocycles. The zero-order valence-corrected chi connectivity index (χ0v) is 9.86. The lowest BCUT2D eigenvalue weighted by Gasteiger charge is -2.16. The van der Waals surface area contributed by atoms with Gasteiger partial charge in [-0.25, -0.2) is 4.39 Å². The summed E-state index contributed by atoms with van der Waals surface area (Å²) < 4.78 is 17.8. The smallest absolute Gasteiger partial charge is 0.260 e. The molecule has 0 spiro atoms. The van der Waals surface area contributed by atoms with E-state index in [-0.39, 0.29) is 18.3 Å². The highest BCUT2D eigenvalue weighted by molar-refractivity contribution is 5.77. The Morgan fingerprint density at radius 1 is 1.41 bits per heavy atom. The van der Waals surface area contributed by atoms with Crippen molar-refractivity contribution in [2.75, 3.05) is 26.7 Å². The average Bonchev–Trinajstić information content (AvgIpc) is 2.34. The number of hydrogen-bond donors (Lipinski definition) is 1. The second-order valence-electron chi connectivity index (χ2n) is 3.70. The van der Waals surface area contributed by atoms with E-state index >= 15 is 0 Å². The number of likely N-dealkylation sites (N-methyl/N-ethyl adjacent to an activating group) is 1. The third-order valence-corrected chi connectivity index (χ3v) is 2.30. The van der Waals surface area contributed by atoms with Gasteiger partial charge in [-0.1, -0.05) is 0 Å². The van der Waals surface area contributed by atoms with E-state index in [1.54, 1.807) is 11.9 Å². The second kappa shape index (κ2) is 6.85. The van der Waals surface area contributed by atoms with Crippen LogP contribution in [0.2, 0.25) is 0 Å². The molecule has 0 aliphatic heterocycles. The fourth-order valence-corrected chi connectivity index (χ4v) is 1.24. The zero-order chi connectivity index (χ0) is 12.7. The van der Waals surface area contributed by atoms with Crippen molar-refractivity contribution in [2.45, 2.75) is 6.42 Å². The number of hydrogen-bond acceptors (Lipinski definition) is 3. The van der Waals surface area contributed by atoms with Gasteiger partial charge in [0, 0.05) is 13.6 Å². The first-order valence-corrected chi connectivity index (χ1v) is 5.46. The molecule has 0 saturated heterocycles. The first-order chi connectivity index (χ1) is 8.13. The Labute approximate surface area is 100 Å². The molecule has 0 aliphatic rings. The fraction of sp³-hybridized carbons (Fsp3) is 0.417. The highest BCUT2D eigenvalue weighted by atomic mass is 19.1. The maximum atomic E-state index is 12.6. The van der Waals surface area contributed by atoms with Crippen molar-refractivity contribution in [2.24, 2.45) is 5.73 Å². The van der Waals surface area contributed by atoms with Crippen molar-refractivity contribution < 1.29 is 13.9 Å². The van der Waals surface area contributed by atoms with Crippen LogP contribution < -0.4 is 10.5 Å². The van der Waals surface area contributed by atoms with Crippen molar-refractivity contribution in [3.05, 3.63) is 30.1 Å². The third-order valence-electron chi connectivity index (χ3n) is 2.30. The van der Waals surface area contributed by atoms with E-state index < -0.39 is 0 Å². The first-order valence-electron chi connectivity index (χ1n) is 5.46. The molecule has 1 aromatic carbocycles. The minimum atomic E-state index is -0.330. The Balaban J connectivity index is 2.34. The Kier molecular flexibility index (Phi) is 5.42. The number of ether oxygens (including phenoxy) is 1. The summed E-state index contributed by atoms with van der Waals surface area (Å²) in [5, 5.41) is 0. The van der Waals surface area contributed by atoms with Crippen LogP contribution in [0.15, 0.2) is 24.3 Å². The van der Waals surface area contributed by atoms with Crippen LogP contribution in [0.25, 0.3) is 0 Å². The van der Waals surface area contributed by atoms with Gasteiger partial charge < -0.3 is 15.4 Å². The standard InChI is InChI=1S/C12H17FN2O2/c1-15(8-2-7-14)12(16)9-17-11-5-3-10(13)4-6-11/h3-6H,2,7-9,14H2,1H3. The molecule has 1 rings (SSSR count). The molecular weight excluding hydrogens is 223 g/mol. The van der Waals surface area contributed by atoms with E-state index in [1.807, 2.05) is 0 Å². The number of carbonyl (C=O) groups is 1. The normalized spacial score (nSPS) is 10.1. The zero-order valence-electron chi connectivity index (χ0n) is 9.86. The first kappa shape index (κ1) is 13.4. The molecule has 0 unspecified atom stereocenters. The molecule has 2 N–H and O–H groups in total. The molecule has 0 heterocycles. The molecule has 0 aliphatic carbocycles. The Morgan fingerprint density at radius 3 is 2.65 bits per heavy atom. The fourth-order valence-electron chi connectivity index (χ4n) is 1.24. The van der Waals surface area contributed by atoms with Crippen LogP contribution in [-0.4, -0.2) is 37.6 Å². The van der Waals surface area contributed by atoms with Gasteiger partial charge in [-0.15, -0.1) is 0 Å². The number of benzene rings is 1. The SMILES string of the molecule is CN(CCCN)C(=O)COc1ccc(F)cc1. The molecule has 0 bridgehead atoms. The number of carbonyl (C=O) groups excluding carboxylic acids is 1. The van der Waals surface area contributed by atoms with Gasteiger partial charge in [0.15, 0.2) is 6.61 Å². The van der Waals surface area contributed by atoms with Gasteiger partial charge >= 0.3 is 0 Å². The summed E-state index contributed by atoms with van der Waals surface area (Å²) in [5.41, 5.74) is 5.35. The van der Waals surface area contributed by atoms with Gasteiger partial charge in [0.25, 0.3) is 5.91 Å². The van der Waals surface area contributed by atoms with Gasteiger partial charge in [0.1, 0.15) is 11.6 Å². The highest BCUT2D eigenvalue weighted by Gasteiger charge is 2.08. The lowest BCUT2D eigenvalue weighted by Crippen LogP contribution is -2.33. The summed E-state index contributed by atoms with van der Waals surface area (Å²) in [7, 11) is 1.70. The molecule has 1 aromatic rings. The summed E-state index contributed by atoms with van der Waals surface area (Å²) in [4.78, 5) is 13.1. The molecule has 17 heavy (non-hydrogen) atoms. The van der Waals surface area contributed by atoms with Crippen molar-refractivity contribution in [3.8, 4) is 5.75 Å². The van der Waals surface area contributed by atoms with Gasteiger partial charge in [-0.05, 0) is 37.2 Å². The van der Waals surface area contributed by atoms with Crippen LogP contribution in [0.1, 0.15) is 6.42 Å². The largest absolute Gasteiger partial charge is 0.484 e. The topological polar surface area (TPSA) is 55.6 Å². The summed E-state index contributed by atoms with van der Waals surface area (Å²) in [6, 6.07) is 5.56. The van der Waals surface area contributed by atoms with E-state index in [0.717, 1.165) is 6.42 Å². The Morgan fingerprint density at radius 2 is 2.06 bits per heavy atom. The van der Waals surface area contributed by atoms with Crippen molar-refractivity contribution in [1.29, 1.82) is 0 Å². The summed E-state index contributed by atoms with van der Waals surface area (Å²) >= 11 is 0. The number of amides is 1. The van der Waals surface area contributed by atoms with Gasteiger partial charge in [0.05, 0.1) is 0 Å². The summed E-state index contributed by atoms with van der Waals surface area (Å²) in [6.45, 7) is 1.12. The lowest BCUT2D eigenvalue weighted by molar-refractivity contribution is -0.132. The van der Waals surface area contributed by atoms with Crippen LogP contribution in [0.3, 0.4) is 0 Å². The molecule has 4 nitrogen and oxygen atoms in total. The molecule has 0 radical (unpaired) electrons. The molecule has 0 atom stereocenters. The quantitative estimate of drug-likeness (QED) is 0.807. The van der Waals surface area contributed by atoms with Gasteiger partial charge in [-0.3, -0.25) is 4.79 Å². The summed E-state index contributed by atoms with van der Waals surface area (Å²) in [6.07, 6.45) is 0.763.